The molecule has 35 heavy (non-hydrogen) atoms. The van der Waals surface area contributed by atoms with Gasteiger partial charge < -0.3 is 9.47 Å². The number of hydrazine groups is 1. The Balaban J connectivity index is 1.54. The third-order valence-electron chi connectivity index (χ3n) is 5.09. The van der Waals surface area contributed by atoms with Gasteiger partial charge in [0.25, 0.3) is 11.8 Å². The third kappa shape index (κ3) is 5.47. The molecule has 0 spiro atoms. The SMILES string of the molecule is CCCOc1ccc(C(=O)NNC(=O)c2cn(-c3ccccc3)nc2-c2cccnc2)cc1OC. The first-order valence-electron chi connectivity index (χ1n) is 11.1. The van der Waals surface area contributed by atoms with E-state index in [1.807, 2.05) is 43.3 Å². The Hall–Kier alpha value is -4.66. The van der Waals surface area contributed by atoms with Crippen LogP contribution in [0.3, 0.4) is 0 Å². The maximum absolute atomic E-state index is 13.1. The van der Waals surface area contributed by atoms with Crippen molar-refractivity contribution in [1.82, 2.24) is 25.6 Å². The van der Waals surface area contributed by atoms with Crippen LogP contribution in [0.4, 0.5) is 0 Å². The van der Waals surface area contributed by atoms with Gasteiger partial charge in [-0.15, -0.1) is 0 Å². The average molecular weight is 472 g/mol. The van der Waals surface area contributed by atoms with Crippen molar-refractivity contribution in [3.8, 4) is 28.4 Å². The Labute approximate surface area is 202 Å². The third-order valence-corrected chi connectivity index (χ3v) is 5.09. The van der Waals surface area contributed by atoms with Crippen molar-refractivity contribution < 1.29 is 19.1 Å². The molecule has 2 aromatic heterocycles. The van der Waals surface area contributed by atoms with Crippen LogP contribution in [0.15, 0.2) is 79.3 Å². The first-order chi connectivity index (χ1) is 17.1. The Morgan fingerprint density at radius 2 is 1.77 bits per heavy atom. The quantitative estimate of drug-likeness (QED) is 0.379. The number of carbonyl (C=O) groups excluding carboxylic acids is 2. The van der Waals surface area contributed by atoms with Crippen LogP contribution in [0.25, 0.3) is 16.9 Å². The molecule has 0 fully saturated rings. The van der Waals surface area contributed by atoms with Gasteiger partial charge in [-0.25, -0.2) is 4.68 Å². The number of pyridine rings is 1. The summed E-state index contributed by atoms with van der Waals surface area (Å²) in [6.45, 7) is 2.54. The van der Waals surface area contributed by atoms with Gasteiger partial charge in [0.15, 0.2) is 11.5 Å². The lowest BCUT2D eigenvalue weighted by atomic mass is 10.1. The molecule has 0 unspecified atom stereocenters. The molecule has 0 saturated carbocycles. The fourth-order valence-corrected chi connectivity index (χ4v) is 3.36. The van der Waals surface area contributed by atoms with Gasteiger partial charge >= 0.3 is 0 Å². The van der Waals surface area contributed by atoms with E-state index in [4.69, 9.17) is 9.47 Å². The summed E-state index contributed by atoms with van der Waals surface area (Å²) in [4.78, 5) is 29.9. The van der Waals surface area contributed by atoms with E-state index >= 15 is 0 Å². The van der Waals surface area contributed by atoms with Crippen LogP contribution in [-0.4, -0.2) is 40.3 Å². The predicted octanol–water partition coefficient (Wildman–Crippen LogP) is 3.81. The van der Waals surface area contributed by atoms with Gasteiger partial charge in [0, 0.05) is 29.7 Å². The van der Waals surface area contributed by atoms with Crippen molar-refractivity contribution in [2.45, 2.75) is 13.3 Å². The number of rotatable bonds is 8. The van der Waals surface area contributed by atoms with E-state index in [2.05, 4.69) is 20.9 Å². The number of aromatic nitrogens is 3. The lowest BCUT2D eigenvalue weighted by molar-refractivity contribution is 0.0847. The van der Waals surface area contributed by atoms with Crippen LogP contribution >= 0.6 is 0 Å². The van der Waals surface area contributed by atoms with Gasteiger partial charge in [-0.2, -0.15) is 5.10 Å². The van der Waals surface area contributed by atoms with E-state index in [0.29, 0.717) is 34.9 Å². The minimum absolute atomic E-state index is 0.281. The highest BCUT2D eigenvalue weighted by molar-refractivity contribution is 6.02. The zero-order valence-corrected chi connectivity index (χ0v) is 19.4. The molecule has 9 heteroatoms. The number of carbonyl (C=O) groups is 2. The van der Waals surface area contributed by atoms with Crippen molar-refractivity contribution >= 4 is 11.8 Å². The predicted molar refractivity (Wildman–Crippen MR) is 131 cm³/mol. The van der Waals surface area contributed by atoms with Crippen LogP contribution in [-0.2, 0) is 0 Å². The summed E-state index contributed by atoms with van der Waals surface area (Å²) in [6, 6.07) is 17.8. The standard InChI is InChI=1S/C26H25N5O4/c1-3-14-35-22-12-11-18(15-23(22)34-2)25(32)28-29-26(33)21-17-31(20-9-5-4-6-10-20)30-24(21)19-8-7-13-27-16-19/h4-13,15-17H,3,14H2,1-2H3,(H,28,32)(H,29,33). The molecule has 178 valence electrons. The van der Waals surface area contributed by atoms with E-state index < -0.39 is 11.8 Å². The van der Waals surface area contributed by atoms with Gasteiger partial charge in [-0.3, -0.25) is 25.4 Å². The molecule has 4 rings (SSSR count). The van der Waals surface area contributed by atoms with E-state index in [0.717, 1.165) is 12.1 Å². The first kappa shape index (κ1) is 23.5. The van der Waals surface area contributed by atoms with Gasteiger partial charge in [-0.1, -0.05) is 25.1 Å². The molecular formula is C26H25N5O4. The molecule has 4 aromatic rings. The van der Waals surface area contributed by atoms with Crippen molar-refractivity contribution in [1.29, 1.82) is 0 Å². The van der Waals surface area contributed by atoms with Gasteiger partial charge in [-0.05, 0) is 48.9 Å². The second kappa shape index (κ2) is 11.0. The zero-order chi connectivity index (χ0) is 24.6. The van der Waals surface area contributed by atoms with E-state index in [9.17, 15) is 9.59 Å². The summed E-state index contributed by atoms with van der Waals surface area (Å²) in [7, 11) is 1.50. The maximum atomic E-state index is 13.1. The van der Waals surface area contributed by atoms with Crippen LogP contribution in [0.2, 0.25) is 0 Å². The Morgan fingerprint density at radius 3 is 2.49 bits per heavy atom. The van der Waals surface area contributed by atoms with Gasteiger partial charge in [0.1, 0.15) is 5.69 Å². The number of hydrogen-bond acceptors (Lipinski definition) is 6. The molecule has 2 aromatic carbocycles. The van der Waals surface area contributed by atoms with Gasteiger partial charge in [0.2, 0.25) is 0 Å². The van der Waals surface area contributed by atoms with Gasteiger partial charge in [0.05, 0.1) is 25.0 Å². The van der Waals surface area contributed by atoms with Crippen LogP contribution in [0, 0.1) is 0 Å². The molecule has 0 atom stereocenters. The second-order valence-electron chi connectivity index (χ2n) is 7.54. The molecule has 9 nitrogen and oxygen atoms in total. The van der Waals surface area contributed by atoms with Crippen molar-refractivity contribution in [3.05, 3.63) is 90.4 Å². The zero-order valence-electron chi connectivity index (χ0n) is 19.4. The van der Waals surface area contributed by atoms with E-state index in [1.165, 1.54) is 7.11 Å². The lowest BCUT2D eigenvalue weighted by Gasteiger charge is -2.12. The molecule has 0 bridgehead atoms. The summed E-state index contributed by atoms with van der Waals surface area (Å²) < 4.78 is 12.6. The molecule has 0 radical (unpaired) electrons. The molecule has 2 N–H and O–H groups in total. The highest BCUT2D eigenvalue weighted by Gasteiger charge is 2.20. The molecule has 2 heterocycles. The number of nitrogens with one attached hydrogen (secondary N) is 2. The van der Waals surface area contributed by atoms with Crippen LogP contribution < -0.4 is 20.3 Å². The maximum Gasteiger partial charge on any atom is 0.273 e. The number of amides is 2. The van der Waals surface area contributed by atoms with E-state index in [-0.39, 0.29) is 5.56 Å². The average Bonchev–Trinajstić information content (AvgIpc) is 3.37. The lowest BCUT2D eigenvalue weighted by Crippen LogP contribution is -2.41. The second-order valence-corrected chi connectivity index (χ2v) is 7.54. The number of para-hydroxylation sites is 1. The summed E-state index contributed by atoms with van der Waals surface area (Å²) in [5, 5.41) is 4.59. The first-order valence-corrected chi connectivity index (χ1v) is 11.1. The number of ether oxygens (including phenoxy) is 2. The number of methoxy groups -OCH3 is 1. The largest absolute Gasteiger partial charge is 0.493 e. The number of hydrogen-bond donors (Lipinski definition) is 2. The topological polar surface area (TPSA) is 107 Å². The molecule has 0 aliphatic heterocycles. The van der Waals surface area contributed by atoms with Crippen molar-refractivity contribution in [3.63, 3.8) is 0 Å². The summed E-state index contributed by atoms with van der Waals surface area (Å²) in [5.74, 6) is -0.0453. The molecular weight excluding hydrogens is 446 g/mol. The smallest absolute Gasteiger partial charge is 0.273 e. The summed E-state index contributed by atoms with van der Waals surface area (Å²) in [6.07, 6.45) is 5.73. The Morgan fingerprint density at radius 1 is 0.971 bits per heavy atom. The Kier molecular flexibility index (Phi) is 7.37. The monoisotopic (exact) mass is 471 g/mol. The summed E-state index contributed by atoms with van der Waals surface area (Å²) in [5.41, 5.74) is 7.41. The van der Waals surface area contributed by atoms with Crippen LogP contribution in [0.5, 0.6) is 11.5 Å². The van der Waals surface area contributed by atoms with Crippen molar-refractivity contribution in [2.24, 2.45) is 0 Å². The molecule has 2 amide bonds. The summed E-state index contributed by atoms with van der Waals surface area (Å²) >= 11 is 0. The molecule has 0 saturated heterocycles. The number of nitrogens with zero attached hydrogens (tertiary/aromatic N) is 3. The van der Waals surface area contributed by atoms with Crippen LogP contribution in [0.1, 0.15) is 34.1 Å². The fourth-order valence-electron chi connectivity index (χ4n) is 3.36. The number of benzene rings is 2. The minimum atomic E-state index is -0.519. The minimum Gasteiger partial charge on any atom is -0.493 e. The highest BCUT2D eigenvalue weighted by Crippen LogP contribution is 2.28. The Bertz CT molecular complexity index is 1310. The molecule has 0 aliphatic rings. The van der Waals surface area contributed by atoms with Crippen molar-refractivity contribution in [2.75, 3.05) is 13.7 Å². The normalized spacial score (nSPS) is 10.5. The fraction of sp³-hybridized carbons (Fsp3) is 0.154. The molecule has 0 aliphatic carbocycles. The highest BCUT2D eigenvalue weighted by atomic mass is 16.5. The van der Waals surface area contributed by atoms with E-state index in [1.54, 1.807) is 47.5 Å².